The molecule has 2 aliphatic heterocycles. The lowest BCUT2D eigenvalue weighted by Crippen LogP contribution is -2.27. The van der Waals surface area contributed by atoms with E-state index < -0.39 is 23.6 Å². The van der Waals surface area contributed by atoms with E-state index in [1.807, 2.05) is 0 Å². The number of rotatable bonds is 2. The molecule has 14 heavy (non-hydrogen) atoms. The van der Waals surface area contributed by atoms with Gasteiger partial charge in [0.2, 0.25) is 0 Å². The summed E-state index contributed by atoms with van der Waals surface area (Å²) in [5, 5.41) is 17.7. The lowest BCUT2D eigenvalue weighted by molar-refractivity contribution is -0.136. The van der Waals surface area contributed by atoms with Crippen LogP contribution >= 0.6 is 0 Å². The van der Waals surface area contributed by atoms with Crippen molar-refractivity contribution in [2.24, 2.45) is 0 Å². The molecular formula is C9H8O5. The van der Waals surface area contributed by atoms with E-state index in [0.717, 1.165) is 0 Å². The normalized spacial score (nSPS) is 33.9. The molecule has 2 bridgehead atoms. The Balaban J connectivity index is 2.58. The smallest absolute Gasteiger partial charge is 0.335 e. The first-order chi connectivity index (χ1) is 6.46. The van der Waals surface area contributed by atoms with E-state index in [1.165, 1.54) is 0 Å². The molecule has 2 rings (SSSR count). The highest BCUT2D eigenvalue weighted by molar-refractivity contribution is 6.03. The quantitative estimate of drug-likeness (QED) is 0.615. The standard InChI is InChI=1S/C9H8O5/c1-9-3-2-4(14-9)5(7(10)11)6(9)8(12)13/h2-4H,1H3,(H,10,11)(H,12,13)/t4-,9+/m1/s1. The third-order valence-corrected chi connectivity index (χ3v) is 2.46. The van der Waals surface area contributed by atoms with Crippen LogP contribution in [0.5, 0.6) is 0 Å². The number of carboxylic acids is 2. The first-order valence-electron chi connectivity index (χ1n) is 4.04. The first-order valence-corrected chi connectivity index (χ1v) is 4.04. The van der Waals surface area contributed by atoms with Gasteiger partial charge in [-0.15, -0.1) is 0 Å². The minimum atomic E-state index is -1.24. The third-order valence-electron chi connectivity index (χ3n) is 2.46. The van der Waals surface area contributed by atoms with Gasteiger partial charge in [-0.3, -0.25) is 0 Å². The molecule has 0 spiro atoms. The maximum Gasteiger partial charge on any atom is 0.335 e. The van der Waals surface area contributed by atoms with Crippen LogP contribution in [0.4, 0.5) is 0 Å². The van der Waals surface area contributed by atoms with E-state index in [9.17, 15) is 9.59 Å². The number of hydrogen-bond acceptors (Lipinski definition) is 3. The number of aliphatic carboxylic acids is 2. The van der Waals surface area contributed by atoms with Crippen molar-refractivity contribution in [1.29, 1.82) is 0 Å². The molecule has 2 heterocycles. The molecule has 5 nitrogen and oxygen atoms in total. The Hall–Kier alpha value is -1.62. The zero-order chi connectivity index (χ0) is 10.5. The van der Waals surface area contributed by atoms with Gasteiger partial charge < -0.3 is 14.9 Å². The summed E-state index contributed by atoms with van der Waals surface area (Å²) in [7, 11) is 0. The van der Waals surface area contributed by atoms with Crippen LogP contribution in [0.1, 0.15) is 6.92 Å². The number of carbonyl (C=O) groups is 2. The van der Waals surface area contributed by atoms with Crippen LogP contribution in [0.15, 0.2) is 23.3 Å². The van der Waals surface area contributed by atoms with E-state index >= 15 is 0 Å². The number of fused-ring (bicyclic) bond motifs is 2. The van der Waals surface area contributed by atoms with Crippen molar-refractivity contribution in [1.82, 2.24) is 0 Å². The molecular weight excluding hydrogens is 188 g/mol. The number of carboxylic acid groups (broad SMARTS) is 2. The van der Waals surface area contributed by atoms with Crippen molar-refractivity contribution in [2.75, 3.05) is 0 Å². The van der Waals surface area contributed by atoms with Crippen molar-refractivity contribution in [3.05, 3.63) is 23.3 Å². The zero-order valence-corrected chi connectivity index (χ0v) is 7.35. The molecule has 0 saturated heterocycles. The van der Waals surface area contributed by atoms with Gasteiger partial charge in [-0.05, 0) is 13.0 Å². The Morgan fingerprint density at radius 1 is 1.43 bits per heavy atom. The third kappa shape index (κ3) is 0.927. The fourth-order valence-corrected chi connectivity index (χ4v) is 1.88. The second kappa shape index (κ2) is 2.45. The summed E-state index contributed by atoms with van der Waals surface area (Å²) in [6.45, 7) is 1.54. The number of hydrogen-bond donors (Lipinski definition) is 2. The largest absolute Gasteiger partial charge is 0.478 e. The monoisotopic (exact) mass is 196 g/mol. The minimum absolute atomic E-state index is 0.164. The molecule has 0 amide bonds. The predicted octanol–water partition coefficient (Wildman–Crippen LogP) is 0.179. The summed E-state index contributed by atoms with van der Waals surface area (Å²) >= 11 is 0. The molecule has 0 aliphatic carbocycles. The zero-order valence-electron chi connectivity index (χ0n) is 7.35. The van der Waals surface area contributed by atoms with Crippen molar-refractivity contribution in [2.45, 2.75) is 18.6 Å². The molecule has 74 valence electrons. The maximum absolute atomic E-state index is 10.9. The van der Waals surface area contributed by atoms with Gasteiger partial charge in [-0.25, -0.2) is 9.59 Å². The van der Waals surface area contributed by atoms with Crippen molar-refractivity contribution >= 4 is 11.9 Å². The van der Waals surface area contributed by atoms with E-state index in [0.29, 0.717) is 0 Å². The second-order valence-corrected chi connectivity index (χ2v) is 3.40. The molecule has 2 aliphatic rings. The predicted molar refractivity (Wildman–Crippen MR) is 44.7 cm³/mol. The molecule has 5 heteroatoms. The molecule has 0 aromatic carbocycles. The summed E-state index contributed by atoms with van der Waals surface area (Å²) in [6, 6.07) is 0. The van der Waals surface area contributed by atoms with Crippen LogP contribution in [-0.2, 0) is 14.3 Å². The Bertz CT molecular complexity index is 392. The van der Waals surface area contributed by atoms with Gasteiger partial charge >= 0.3 is 11.9 Å². The van der Waals surface area contributed by atoms with Crippen LogP contribution in [0.3, 0.4) is 0 Å². The molecule has 0 unspecified atom stereocenters. The Morgan fingerprint density at radius 3 is 2.50 bits per heavy atom. The van der Waals surface area contributed by atoms with Gasteiger partial charge in [0.15, 0.2) is 0 Å². The lowest BCUT2D eigenvalue weighted by atomic mass is 9.88. The first kappa shape index (κ1) is 8.96. The van der Waals surface area contributed by atoms with Crippen LogP contribution in [0.25, 0.3) is 0 Å². The van der Waals surface area contributed by atoms with Gasteiger partial charge in [0.25, 0.3) is 0 Å². The summed E-state index contributed by atoms with van der Waals surface area (Å²) in [5.74, 6) is -2.47. The minimum Gasteiger partial charge on any atom is -0.478 e. The summed E-state index contributed by atoms with van der Waals surface area (Å²) in [5.41, 5.74) is -1.41. The lowest BCUT2D eigenvalue weighted by Gasteiger charge is -2.17. The maximum atomic E-state index is 10.9. The average molecular weight is 196 g/mol. The van der Waals surface area contributed by atoms with Crippen LogP contribution in [0, 0.1) is 0 Å². The summed E-state index contributed by atoms with van der Waals surface area (Å²) in [4.78, 5) is 21.7. The van der Waals surface area contributed by atoms with Crippen molar-refractivity contribution in [3.8, 4) is 0 Å². The molecule has 0 aromatic heterocycles. The summed E-state index contributed by atoms with van der Waals surface area (Å²) < 4.78 is 5.26. The molecule has 2 N–H and O–H groups in total. The highest BCUT2D eigenvalue weighted by atomic mass is 16.5. The van der Waals surface area contributed by atoms with Crippen molar-refractivity contribution in [3.63, 3.8) is 0 Å². The molecule has 2 atom stereocenters. The molecule has 0 radical (unpaired) electrons. The Kier molecular flexibility index (Phi) is 1.57. The van der Waals surface area contributed by atoms with Gasteiger partial charge in [-0.2, -0.15) is 0 Å². The highest BCUT2D eigenvalue weighted by Crippen LogP contribution is 2.42. The highest BCUT2D eigenvalue weighted by Gasteiger charge is 2.50. The van der Waals surface area contributed by atoms with E-state index in [1.54, 1.807) is 19.1 Å². The van der Waals surface area contributed by atoms with E-state index in [2.05, 4.69) is 0 Å². The fraction of sp³-hybridized carbons (Fsp3) is 0.333. The topological polar surface area (TPSA) is 83.8 Å². The Morgan fingerprint density at radius 2 is 2.07 bits per heavy atom. The molecule has 0 aromatic rings. The van der Waals surface area contributed by atoms with Gasteiger partial charge in [-0.1, -0.05) is 6.08 Å². The molecule has 0 saturated carbocycles. The van der Waals surface area contributed by atoms with Gasteiger partial charge in [0.05, 0.1) is 11.1 Å². The Labute approximate surface area is 79.3 Å². The van der Waals surface area contributed by atoms with Crippen LogP contribution in [0.2, 0.25) is 0 Å². The fourth-order valence-electron chi connectivity index (χ4n) is 1.88. The van der Waals surface area contributed by atoms with Crippen LogP contribution < -0.4 is 0 Å². The van der Waals surface area contributed by atoms with Crippen molar-refractivity contribution < 1.29 is 24.5 Å². The number of ether oxygens (including phenoxy) is 1. The van der Waals surface area contributed by atoms with E-state index in [4.69, 9.17) is 14.9 Å². The summed E-state index contributed by atoms with van der Waals surface area (Å²) in [6.07, 6.45) is 2.42. The SMILES string of the molecule is C[C@@]12C=C[C@@H](O1)C(C(=O)O)=C2C(=O)O. The second-order valence-electron chi connectivity index (χ2n) is 3.40. The van der Waals surface area contributed by atoms with E-state index in [-0.39, 0.29) is 11.1 Å². The van der Waals surface area contributed by atoms with Crippen LogP contribution in [-0.4, -0.2) is 33.9 Å². The van der Waals surface area contributed by atoms with Gasteiger partial charge in [0.1, 0.15) is 11.7 Å². The van der Waals surface area contributed by atoms with Gasteiger partial charge in [0, 0.05) is 0 Å². The average Bonchev–Trinajstić information content (AvgIpc) is 2.55. The molecule has 0 fully saturated rings.